The zero-order valence-corrected chi connectivity index (χ0v) is 18.5. The van der Waals surface area contributed by atoms with Crippen LogP contribution in [0.2, 0.25) is 5.02 Å². The van der Waals surface area contributed by atoms with E-state index >= 15 is 0 Å². The number of para-hydroxylation sites is 1. The lowest BCUT2D eigenvalue weighted by molar-refractivity contribution is -0.136. The summed E-state index contributed by atoms with van der Waals surface area (Å²) in [6.07, 6.45) is 0.950. The van der Waals surface area contributed by atoms with Gasteiger partial charge in [-0.05, 0) is 37.0 Å². The number of ketones is 1. The van der Waals surface area contributed by atoms with E-state index in [1.165, 1.54) is 7.11 Å². The lowest BCUT2D eigenvalue weighted by Gasteiger charge is -2.37. The number of esters is 1. The number of allylic oxidation sites excluding steroid dienone is 3. The van der Waals surface area contributed by atoms with Crippen LogP contribution in [0, 0.1) is 0 Å². The van der Waals surface area contributed by atoms with Crippen LogP contribution in [0.15, 0.2) is 71.1 Å². The van der Waals surface area contributed by atoms with E-state index in [1.54, 1.807) is 7.11 Å². The van der Waals surface area contributed by atoms with E-state index in [4.69, 9.17) is 21.1 Å². The van der Waals surface area contributed by atoms with Gasteiger partial charge in [0.2, 0.25) is 0 Å². The normalized spacial score (nSPS) is 20.8. The summed E-state index contributed by atoms with van der Waals surface area (Å²) in [6.45, 7) is 1.84. The number of rotatable bonds is 4. The molecule has 0 spiro atoms. The quantitative estimate of drug-likeness (QED) is 0.690. The van der Waals surface area contributed by atoms with Crippen LogP contribution in [0.3, 0.4) is 0 Å². The molecule has 5 nitrogen and oxygen atoms in total. The molecule has 2 aliphatic rings. The highest BCUT2D eigenvalue weighted by Crippen LogP contribution is 2.48. The molecule has 2 aromatic carbocycles. The summed E-state index contributed by atoms with van der Waals surface area (Å²) < 4.78 is 10.6. The number of ether oxygens (including phenoxy) is 2. The Kier molecular flexibility index (Phi) is 5.88. The summed E-state index contributed by atoms with van der Waals surface area (Å²) >= 11 is 6.42. The summed E-state index contributed by atoms with van der Waals surface area (Å²) in [4.78, 5) is 26.3. The second-order valence-corrected chi connectivity index (χ2v) is 8.18. The molecule has 0 saturated carbocycles. The first-order valence-corrected chi connectivity index (χ1v) is 10.5. The number of carbonyl (C=O) groups is 2. The van der Waals surface area contributed by atoms with E-state index in [1.807, 2.05) is 55.5 Å². The summed E-state index contributed by atoms with van der Waals surface area (Å²) in [6, 6.07) is 15.1. The third kappa shape index (κ3) is 3.74. The number of methoxy groups -OCH3 is 2. The first-order chi connectivity index (χ1) is 15.0. The topological polar surface area (TPSA) is 64.6 Å². The number of nitrogens with one attached hydrogen (secondary N) is 1. The van der Waals surface area contributed by atoms with E-state index in [9.17, 15) is 9.59 Å². The second kappa shape index (κ2) is 8.60. The van der Waals surface area contributed by atoms with Crippen LogP contribution in [0.1, 0.15) is 42.7 Å². The maximum absolute atomic E-state index is 13.5. The van der Waals surface area contributed by atoms with Crippen LogP contribution in [0.4, 0.5) is 0 Å². The highest BCUT2D eigenvalue weighted by Gasteiger charge is 2.42. The third-order valence-corrected chi connectivity index (χ3v) is 6.37. The Morgan fingerprint density at radius 2 is 1.71 bits per heavy atom. The first-order valence-electron chi connectivity index (χ1n) is 10.2. The fourth-order valence-electron chi connectivity index (χ4n) is 4.66. The molecule has 0 aromatic heterocycles. The number of carbonyl (C=O) groups excluding carboxylic acids is 2. The lowest BCUT2D eigenvalue weighted by Crippen LogP contribution is -2.36. The Hall–Kier alpha value is -3.05. The van der Waals surface area contributed by atoms with Crippen molar-refractivity contribution in [3.63, 3.8) is 0 Å². The zero-order chi connectivity index (χ0) is 22.1. The summed E-state index contributed by atoms with van der Waals surface area (Å²) in [5, 5.41) is 3.98. The Bertz CT molecular complexity index is 1120. The van der Waals surface area contributed by atoms with Gasteiger partial charge in [-0.2, -0.15) is 0 Å². The van der Waals surface area contributed by atoms with Gasteiger partial charge in [0.1, 0.15) is 5.75 Å². The molecule has 1 heterocycles. The smallest absolute Gasteiger partial charge is 0.336 e. The predicted octanol–water partition coefficient (Wildman–Crippen LogP) is 4.88. The maximum atomic E-state index is 13.5. The predicted molar refractivity (Wildman–Crippen MR) is 119 cm³/mol. The van der Waals surface area contributed by atoms with E-state index in [0.717, 1.165) is 16.8 Å². The number of hydrogen-bond donors (Lipinski definition) is 1. The van der Waals surface area contributed by atoms with E-state index < -0.39 is 11.9 Å². The van der Waals surface area contributed by atoms with Crippen molar-refractivity contribution < 1.29 is 19.1 Å². The van der Waals surface area contributed by atoms with E-state index in [0.29, 0.717) is 40.5 Å². The molecule has 0 fully saturated rings. The molecule has 1 N–H and O–H groups in total. The minimum Gasteiger partial charge on any atom is -0.496 e. The summed E-state index contributed by atoms with van der Waals surface area (Å²) in [5.41, 5.74) is 4.24. The molecular weight excluding hydrogens is 414 g/mol. The van der Waals surface area contributed by atoms with Gasteiger partial charge in [-0.1, -0.05) is 48.0 Å². The fourth-order valence-corrected chi connectivity index (χ4v) is 4.95. The largest absolute Gasteiger partial charge is 0.496 e. The zero-order valence-electron chi connectivity index (χ0n) is 17.7. The van der Waals surface area contributed by atoms with Crippen LogP contribution in [0.25, 0.3) is 0 Å². The highest BCUT2D eigenvalue weighted by atomic mass is 35.5. The van der Waals surface area contributed by atoms with Crippen LogP contribution in [-0.2, 0) is 14.3 Å². The number of hydrogen-bond acceptors (Lipinski definition) is 5. The van der Waals surface area contributed by atoms with Crippen molar-refractivity contribution in [2.45, 2.75) is 31.6 Å². The van der Waals surface area contributed by atoms with Gasteiger partial charge in [-0.15, -0.1) is 0 Å². The van der Waals surface area contributed by atoms with Crippen molar-refractivity contribution in [1.29, 1.82) is 0 Å². The number of dihydropyridines is 1. The molecule has 4 rings (SSSR count). The van der Waals surface area contributed by atoms with Crippen molar-refractivity contribution in [3.8, 4) is 5.75 Å². The van der Waals surface area contributed by atoms with Crippen molar-refractivity contribution in [2.24, 2.45) is 0 Å². The Morgan fingerprint density at radius 3 is 2.39 bits per heavy atom. The molecule has 2 aromatic rings. The van der Waals surface area contributed by atoms with E-state index in [-0.39, 0.29) is 11.7 Å². The standard InChI is InChI=1S/C25H24ClNO4/c1-14-22(25(29)31-3)23(17-9-5-7-11-21(17)30-2)24-19(27-14)12-15(13-20(24)28)16-8-4-6-10-18(16)26/h4-11,15,23,27H,12-13H2,1-3H3. The molecule has 160 valence electrons. The van der Waals surface area contributed by atoms with Crippen LogP contribution in [0.5, 0.6) is 5.75 Å². The van der Waals surface area contributed by atoms with Crippen molar-refractivity contribution >= 4 is 23.4 Å². The lowest BCUT2D eigenvalue weighted by atomic mass is 9.71. The fraction of sp³-hybridized carbons (Fsp3) is 0.280. The van der Waals surface area contributed by atoms with Crippen molar-refractivity contribution in [3.05, 3.63) is 87.2 Å². The number of halogens is 1. The maximum Gasteiger partial charge on any atom is 0.336 e. The molecule has 31 heavy (non-hydrogen) atoms. The molecular formula is C25H24ClNO4. The Balaban J connectivity index is 1.86. The van der Waals surface area contributed by atoms with Gasteiger partial charge in [0.25, 0.3) is 0 Å². The van der Waals surface area contributed by atoms with Gasteiger partial charge >= 0.3 is 5.97 Å². The monoisotopic (exact) mass is 437 g/mol. The molecule has 6 heteroatoms. The van der Waals surface area contributed by atoms with Crippen LogP contribution in [-0.4, -0.2) is 26.0 Å². The molecule has 1 aliphatic carbocycles. The summed E-state index contributed by atoms with van der Waals surface area (Å²) in [5.74, 6) is -0.439. The molecule has 0 radical (unpaired) electrons. The molecule has 0 saturated heterocycles. The summed E-state index contributed by atoms with van der Waals surface area (Å²) in [7, 11) is 2.93. The number of Topliss-reactive ketones (excluding diaryl/α,β-unsaturated/α-hetero) is 1. The van der Waals surface area contributed by atoms with Gasteiger partial charge in [0.05, 0.1) is 25.7 Å². The third-order valence-electron chi connectivity index (χ3n) is 6.03. The molecule has 2 atom stereocenters. The van der Waals surface area contributed by atoms with Gasteiger partial charge in [0, 0.05) is 34.0 Å². The van der Waals surface area contributed by atoms with Crippen LogP contribution < -0.4 is 10.1 Å². The molecule has 1 aliphatic heterocycles. The van der Waals surface area contributed by atoms with Gasteiger partial charge in [-0.3, -0.25) is 4.79 Å². The second-order valence-electron chi connectivity index (χ2n) is 7.77. The molecule has 2 unspecified atom stereocenters. The SMILES string of the molecule is COC(=O)C1=C(C)NC2=C(C(=O)CC(c3ccccc3Cl)C2)C1c1ccccc1OC. The number of benzene rings is 2. The molecule has 0 amide bonds. The van der Waals surface area contributed by atoms with Crippen molar-refractivity contribution in [2.75, 3.05) is 14.2 Å². The van der Waals surface area contributed by atoms with Gasteiger partial charge < -0.3 is 14.8 Å². The molecule has 0 bridgehead atoms. The first kappa shape index (κ1) is 21.2. The minimum atomic E-state index is -0.556. The Labute approximate surface area is 186 Å². The van der Waals surface area contributed by atoms with Crippen LogP contribution >= 0.6 is 11.6 Å². The van der Waals surface area contributed by atoms with Crippen molar-refractivity contribution in [1.82, 2.24) is 5.32 Å². The van der Waals surface area contributed by atoms with E-state index in [2.05, 4.69) is 5.32 Å². The van der Waals surface area contributed by atoms with Gasteiger partial charge in [0.15, 0.2) is 5.78 Å². The Morgan fingerprint density at radius 1 is 1.03 bits per heavy atom. The average molecular weight is 438 g/mol. The highest BCUT2D eigenvalue weighted by molar-refractivity contribution is 6.31. The average Bonchev–Trinajstić information content (AvgIpc) is 2.77. The minimum absolute atomic E-state index is 0.0107. The van der Waals surface area contributed by atoms with Gasteiger partial charge in [-0.25, -0.2) is 4.79 Å².